The highest BCUT2D eigenvalue weighted by atomic mass is 16.8. The molecule has 0 amide bonds. The highest BCUT2D eigenvalue weighted by Crippen LogP contribution is 2.38. The van der Waals surface area contributed by atoms with Crippen LogP contribution in [0.4, 0.5) is 0 Å². The maximum absolute atomic E-state index is 6.20. The lowest BCUT2D eigenvalue weighted by atomic mass is 10.0. The monoisotopic (exact) mass is 275 g/mol. The quantitative estimate of drug-likeness (QED) is 0.771. The summed E-state index contributed by atoms with van der Waals surface area (Å²) in [6, 6.07) is -0.283. The predicted molar refractivity (Wildman–Crippen MR) is 68.3 cm³/mol. The maximum Gasteiger partial charge on any atom is 0.189 e. The molecule has 0 bridgehead atoms. The minimum absolute atomic E-state index is 0.217. The molecule has 0 saturated carbocycles. The van der Waals surface area contributed by atoms with Gasteiger partial charge in [0.1, 0.15) is 12.2 Å². The molecule has 2 N–H and O–H groups in total. The van der Waals surface area contributed by atoms with Crippen molar-refractivity contribution in [1.82, 2.24) is 0 Å². The van der Waals surface area contributed by atoms with E-state index in [0.717, 1.165) is 0 Å². The summed E-state index contributed by atoms with van der Waals surface area (Å²) in [6.07, 6.45) is -1.17. The zero-order valence-electron chi connectivity index (χ0n) is 12.5. The van der Waals surface area contributed by atoms with E-state index in [1.54, 1.807) is 7.11 Å². The van der Waals surface area contributed by atoms with Gasteiger partial charge in [-0.25, -0.2) is 0 Å². The van der Waals surface area contributed by atoms with E-state index in [1.807, 2.05) is 34.6 Å². The van der Waals surface area contributed by atoms with Crippen LogP contribution >= 0.6 is 0 Å². The van der Waals surface area contributed by atoms with E-state index in [2.05, 4.69) is 0 Å². The minimum atomic E-state index is -0.679. The van der Waals surface area contributed by atoms with Crippen LogP contribution in [0.5, 0.6) is 0 Å². The Hall–Kier alpha value is -0.240. The Bertz CT molecular complexity index is 333. The standard InChI is InChI=1S/C13H25NO5/c1-7(17-12(2,3)15-6)9-8(14)10-11(16-9)19-13(4,5)18-10/h7-11H,14H2,1-6H3/t7-,8?,9+,10+,11-/m1/s1. The van der Waals surface area contributed by atoms with Crippen molar-refractivity contribution in [2.75, 3.05) is 7.11 Å². The van der Waals surface area contributed by atoms with Gasteiger partial charge in [-0.05, 0) is 34.6 Å². The lowest BCUT2D eigenvalue weighted by Gasteiger charge is -2.32. The van der Waals surface area contributed by atoms with E-state index in [1.165, 1.54) is 0 Å². The molecule has 5 atom stereocenters. The van der Waals surface area contributed by atoms with Gasteiger partial charge in [-0.15, -0.1) is 0 Å². The molecular formula is C13H25NO5. The van der Waals surface area contributed by atoms with Crippen LogP contribution < -0.4 is 5.73 Å². The van der Waals surface area contributed by atoms with E-state index in [9.17, 15) is 0 Å². The van der Waals surface area contributed by atoms with Gasteiger partial charge in [-0.3, -0.25) is 0 Å². The van der Waals surface area contributed by atoms with Crippen molar-refractivity contribution in [2.24, 2.45) is 5.73 Å². The lowest BCUT2D eigenvalue weighted by molar-refractivity contribution is -0.260. The minimum Gasteiger partial charge on any atom is -0.354 e. The SMILES string of the molecule is COC(C)(C)O[C@H](C)[C@@H]1O[C@@H]2OC(C)(C)O[C@H]2C1N. The van der Waals surface area contributed by atoms with Crippen LogP contribution in [0, 0.1) is 0 Å². The first kappa shape index (κ1) is 15.2. The molecule has 19 heavy (non-hydrogen) atoms. The van der Waals surface area contributed by atoms with Gasteiger partial charge in [-0.2, -0.15) is 0 Å². The van der Waals surface area contributed by atoms with E-state index < -0.39 is 17.9 Å². The van der Waals surface area contributed by atoms with Crippen molar-refractivity contribution in [2.45, 2.75) is 76.8 Å². The van der Waals surface area contributed by atoms with Gasteiger partial charge in [-0.1, -0.05) is 0 Å². The number of ether oxygens (including phenoxy) is 5. The first-order chi connectivity index (χ1) is 8.65. The van der Waals surface area contributed by atoms with Crippen molar-refractivity contribution in [3.05, 3.63) is 0 Å². The second-order valence-corrected chi connectivity index (χ2v) is 6.07. The third-order valence-corrected chi connectivity index (χ3v) is 3.56. The molecule has 0 aromatic heterocycles. The Morgan fingerprint density at radius 3 is 2.42 bits per heavy atom. The average Bonchev–Trinajstić information content (AvgIpc) is 2.73. The summed E-state index contributed by atoms with van der Waals surface area (Å²) < 4.78 is 28.3. The molecular weight excluding hydrogens is 250 g/mol. The van der Waals surface area contributed by atoms with Crippen molar-refractivity contribution in [3.63, 3.8) is 0 Å². The molecule has 2 heterocycles. The summed E-state index contributed by atoms with van der Waals surface area (Å²) in [5.74, 6) is -1.32. The van der Waals surface area contributed by atoms with Crippen LogP contribution in [-0.2, 0) is 23.7 Å². The van der Waals surface area contributed by atoms with Gasteiger partial charge in [0.2, 0.25) is 0 Å². The summed E-state index contributed by atoms with van der Waals surface area (Å²) in [7, 11) is 1.60. The van der Waals surface area contributed by atoms with Gasteiger partial charge in [0.05, 0.1) is 12.1 Å². The van der Waals surface area contributed by atoms with Crippen LogP contribution in [0.1, 0.15) is 34.6 Å². The summed E-state index contributed by atoms with van der Waals surface area (Å²) in [6.45, 7) is 9.31. The van der Waals surface area contributed by atoms with E-state index in [0.29, 0.717) is 0 Å². The zero-order valence-corrected chi connectivity index (χ0v) is 12.5. The van der Waals surface area contributed by atoms with Gasteiger partial charge >= 0.3 is 0 Å². The second-order valence-electron chi connectivity index (χ2n) is 6.07. The molecule has 2 rings (SSSR count). The number of fused-ring (bicyclic) bond motifs is 1. The van der Waals surface area contributed by atoms with Crippen molar-refractivity contribution in [1.29, 1.82) is 0 Å². The fraction of sp³-hybridized carbons (Fsp3) is 1.00. The highest BCUT2D eigenvalue weighted by Gasteiger charge is 2.55. The number of rotatable bonds is 4. The Morgan fingerprint density at radius 1 is 1.26 bits per heavy atom. The van der Waals surface area contributed by atoms with Crippen molar-refractivity contribution < 1.29 is 23.7 Å². The first-order valence-electron chi connectivity index (χ1n) is 6.65. The Labute approximate surface area is 114 Å². The fourth-order valence-corrected chi connectivity index (χ4v) is 2.54. The number of nitrogens with two attached hydrogens (primary N) is 1. The molecule has 0 radical (unpaired) electrons. The molecule has 2 aliphatic heterocycles. The molecule has 2 saturated heterocycles. The molecule has 2 fully saturated rings. The highest BCUT2D eigenvalue weighted by molar-refractivity contribution is 4.98. The first-order valence-corrected chi connectivity index (χ1v) is 6.65. The molecule has 112 valence electrons. The molecule has 6 nitrogen and oxygen atoms in total. The molecule has 6 heteroatoms. The molecule has 0 aliphatic carbocycles. The lowest BCUT2D eigenvalue weighted by Crippen LogP contribution is -2.48. The smallest absolute Gasteiger partial charge is 0.189 e. The maximum atomic E-state index is 6.20. The number of hydrogen-bond acceptors (Lipinski definition) is 6. The van der Waals surface area contributed by atoms with Crippen LogP contribution in [0.15, 0.2) is 0 Å². The number of methoxy groups -OCH3 is 1. The van der Waals surface area contributed by atoms with Crippen LogP contribution in [-0.4, -0.2) is 49.3 Å². The summed E-state index contributed by atoms with van der Waals surface area (Å²) in [5, 5.41) is 0. The van der Waals surface area contributed by atoms with Crippen molar-refractivity contribution >= 4 is 0 Å². The summed E-state index contributed by atoms with van der Waals surface area (Å²) in [5.41, 5.74) is 6.20. The number of hydrogen-bond donors (Lipinski definition) is 1. The van der Waals surface area contributed by atoms with Gasteiger partial charge < -0.3 is 29.4 Å². The van der Waals surface area contributed by atoms with Crippen LogP contribution in [0.25, 0.3) is 0 Å². The largest absolute Gasteiger partial charge is 0.354 e. The molecule has 2 aliphatic rings. The molecule has 0 aromatic rings. The normalized spacial score (nSPS) is 39.3. The van der Waals surface area contributed by atoms with Gasteiger partial charge in [0.25, 0.3) is 0 Å². The zero-order chi connectivity index (χ0) is 14.4. The van der Waals surface area contributed by atoms with Gasteiger partial charge in [0, 0.05) is 7.11 Å². The van der Waals surface area contributed by atoms with Crippen LogP contribution in [0.3, 0.4) is 0 Å². The predicted octanol–water partition coefficient (Wildman–Crippen LogP) is 0.978. The molecule has 0 aromatic carbocycles. The summed E-state index contributed by atoms with van der Waals surface area (Å²) in [4.78, 5) is 0. The fourth-order valence-electron chi connectivity index (χ4n) is 2.54. The van der Waals surface area contributed by atoms with E-state index in [-0.39, 0.29) is 24.4 Å². The Kier molecular flexibility index (Phi) is 3.94. The van der Waals surface area contributed by atoms with E-state index in [4.69, 9.17) is 29.4 Å². The second kappa shape index (κ2) is 4.95. The van der Waals surface area contributed by atoms with Crippen LogP contribution in [0.2, 0.25) is 0 Å². The Balaban J connectivity index is 1.98. The topological polar surface area (TPSA) is 72.2 Å². The Morgan fingerprint density at radius 2 is 1.89 bits per heavy atom. The van der Waals surface area contributed by atoms with Gasteiger partial charge in [0.15, 0.2) is 17.9 Å². The van der Waals surface area contributed by atoms with E-state index >= 15 is 0 Å². The van der Waals surface area contributed by atoms with Crippen molar-refractivity contribution in [3.8, 4) is 0 Å². The summed E-state index contributed by atoms with van der Waals surface area (Å²) >= 11 is 0. The molecule has 0 spiro atoms. The average molecular weight is 275 g/mol. The third-order valence-electron chi connectivity index (χ3n) is 3.56. The molecule has 1 unspecified atom stereocenters. The third kappa shape index (κ3) is 3.09.